The van der Waals surface area contributed by atoms with Crippen LogP contribution >= 0.6 is 8.18 Å². The van der Waals surface area contributed by atoms with E-state index in [0.29, 0.717) is 12.8 Å². The van der Waals surface area contributed by atoms with Crippen LogP contribution in [0.1, 0.15) is 90.0 Å². The topological polar surface area (TPSA) is 143 Å². The minimum atomic E-state index is -3.06. The number of aromatic nitrogens is 4. The van der Waals surface area contributed by atoms with Crippen molar-refractivity contribution in [1.29, 1.82) is 0 Å². The molecule has 0 amide bonds. The fourth-order valence-electron chi connectivity index (χ4n) is 5.11. The van der Waals surface area contributed by atoms with Crippen LogP contribution in [0.15, 0.2) is 24.5 Å². The van der Waals surface area contributed by atoms with Gasteiger partial charge in [-0.3, -0.25) is 9.36 Å². The lowest BCUT2D eigenvalue weighted by atomic mass is 10.0. The number of fused-ring (bicyclic) bond motifs is 1. The number of carbonyl (C=O) groups is 1. The van der Waals surface area contributed by atoms with E-state index in [1.165, 1.54) is 52.0 Å². The van der Waals surface area contributed by atoms with Crippen LogP contribution in [-0.4, -0.2) is 57.5 Å². The van der Waals surface area contributed by atoms with E-state index in [-0.39, 0.29) is 48.7 Å². The first kappa shape index (κ1) is 38.4. The molecule has 0 radical (unpaired) electrons. The van der Waals surface area contributed by atoms with Crippen LogP contribution in [0.5, 0.6) is 0 Å². The Labute approximate surface area is 275 Å². The summed E-state index contributed by atoms with van der Waals surface area (Å²) in [5.74, 6) is -2.35. The van der Waals surface area contributed by atoms with Gasteiger partial charge in [0.15, 0.2) is 11.5 Å². The third kappa shape index (κ3) is 13.2. The smallest absolute Gasteiger partial charge is 0.323 e. The normalized spacial score (nSPS) is 14.3. The molecule has 15 heteroatoms. The number of nitrogen functional groups attached to an aromatic ring is 1. The molecule has 3 N–H and O–H groups in total. The van der Waals surface area contributed by atoms with Crippen LogP contribution in [0, 0.1) is 17.7 Å². The number of nitrogens with two attached hydrogens (primary N) is 1. The number of anilines is 1. The molecule has 3 rings (SSSR count). The maximum Gasteiger partial charge on any atom is 0.323 e. The van der Waals surface area contributed by atoms with Crippen molar-refractivity contribution in [3.63, 3.8) is 0 Å². The van der Waals surface area contributed by atoms with Crippen molar-refractivity contribution in [3.8, 4) is 0 Å². The van der Waals surface area contributed by atoms with E-state index in [9.17, 15) is 22.5 Å². The summed E-state index contributed by atoms with van der Waals surface area (Å²) in [6, 6.07) is 1.78. The number of rotatable bonds is 23. The quantitative estimate of drug-likeness (QED) is 0.0480. The van der Waals surface area contributed by atoms with E-state index in [1.807, 2.05) is 0 Å². The molecule has 0 aliphatic carbocycles. The molecule has 3 atom stereocenters. The van der Waals surface area contributed by atoms with Gasteiger partial charge in [-0.05, 0) is 43.9 Å². The van der Waals surface area contributed by atoms with Gasteiger partial charge in [0.1, 0.15) is 23.2 Å². The second kappa shape index (κ2) is 19.7. The minimum Gasteiger partial charge on any atom is -0.465 e. The molecular formula is C32H48F3N6O5P. The zero-order chi connectivity index (χ0) is 34.2. The molecule has 0 fully saturated rings. The Balaban J connectivity index is 1.52. The number of hydrogen-bond donors (Lipinski definition) is 2. The second-order valence-corrected chi connectivity index (χ2v) is 13.1. The summed E-state index contributed by atoms with van der Waals surface area (Å²) >= 11 is 0. The lowest BCUT2D eigenvalue weighted by Crippen LogP contribution is -2.38. The molecule has 0 aliphatic rings. The molecule has 1 aromatic carbocycles. The highest BCUT2D eigenvalue weighted by Gasteiger charge is 2.28. The summed E-state index contributed by atoms with van der Waals surface area (Å²) in [6.07, 6.45) is 11.9. The van der Waals surface area contributed by atoms with Gasteiger partial charge < -0.3 is 24.3 Å². The molecule has 0 saturated carbocycles. The predicted octanol–water partition coefficient (Wildman–Crippen LogP) is 6.69. The van der Waals surface area contributed by atoms with Crippen molar-refractivity contribution in [2.24, 2.45) is 0 Å². The van der Waals surface area contributed by atoms with E-state index >= 15 is 0 Å². The number of ether oxygens (including phenoxy) is 2. The van der Waals surface area contributed by atoms with Gasteiger partial charge >= 0.3 is 12.0 Å². The molecule has 2 heterocycles. The number of carbonyl (C=O) groups excluding carboxylic acids is 1. The summed E-state index contributed by atoms with van der Waals surface area (Å²) in [4.78, 5) is 24.4. The first-order valence-electron chi connectivity index (χ1n) is 16.3. The van der Waals surface area contributed by atoms with Crippen LogP contribution in [0.25, 0.3) is 11.2 Å². The van der Waals surface area contributed by atoms with Gasteiger partial charge in [-0.15, -0.1) is 0 Å². The number of esters is 1. The lowest BCUT2D eigenvalue weighted by Gasteiger charge is -2.28. The summed E-state index contributed by atoms with van der Waals surface area (Å²) in [6.45, 7) is 4.26. The van der Waals surface area contributed by atoms with Crippen molar-refractivity contribution in [2.75, 3.05) is 26.1 Å². The number of halogens is 3. The fraction of sp³-hybridized carbons (Fsp3) is 0.625. The second-order valence-electron chi connectivity index (χ2n) is 12.0. The highest BCUT2D eigenvalue weighted by Crippen LogP contribution is 2.27. The largest absolute Gasteiger partial charge is 0.465 e. The van der Waals surface area contributed by atoms with Gasteiger partial charge in [-0.1, -0.05) is 64.7 Å². The highest BCUT2D eigenvalue weighted by atomic mass is 31.1. The Bertz CT molecular complexity index is 1430. The number of hydrogen-bond acceptors (Lipinski definition) is 9. The van der Waals surface area contributed by atoms with Crippen molar-refractivity contribution in [3.05, 3.63) is 47.8 Å². The van der Waals surface area contributed by atoms with Gasteiger partial charge in [0.2, 0.25) is 0 Å². The molecule has 0 bridgehead atoms. The zero-order valence-electron chi connectivity index (χ0n) is 27.5. The van der Waals surface area contributed by atoms with E-state index in [0.717, 1.165) is 37.5 Å². The van der Waals surface area contributed by atoms with E-state index < -0.39 is 43.5 Å². The molecule has 11 nitrogen and oxygen atoms in total. The number of methoxy groups -OCH3 is 1. The van der Waals surface area contributed by atoms with Crippen LogP contribution in [0.3, 0.4) is 0 Å². The van der Waals surface area contributed by atoms with Crippen LogP contribution in [0.2, 0.25) is 0 Å². The third-order valence-electron chi connectivity index (χ3n) is 8.03. The Kier molecular flexibility index (Phi) is 16.1. The zero-order valence-corrected chi connectivity index (χ0v) is 28.5. The molecule has 3 aromatic rings. The van der Waals surface area contributed by atoms with Crippen LogP contribution in [0.4, 0.5) is 19.0 Å². The predicted molar refractivity (Wildman–Crippen MR) is 174 cm³/mol. The van der Waals surface area contributed by atoms with E-state index in [1.54, 1.807) is 11.5 Å². The van der Waals surface area contributed by atoms with Crippen molar-refractivity contribution < 1.29 is 36.5 Å². The number of aryl methyl sites for hydroxylation is 1. The summed E-state index contributed by atoms with van der Waals surface area (Å²) in [7, 11) is -1.59. The Morgan fingerprint density at radius 2 is 1.66 bits per heavy atom. The highest BCUT2D eigenvalue weighted by molar-refractivity contribution is 7.36. The number of imidazole rings is 1. The molecule has 0 aliphatic heterocycles. The van der Waals surface area contributed by atoms with Crippen LogP contribution < -0.4 is 10.8 Å². The maximum absolute atomic E-state index is 13.9. The van der Waals surface area contributed by atoms with E-state index in [4.69, 9.17) is 19.7 Å². The maximum atomic E-state index is 13.9. The molecule has 262 valence electrons. The number of nitrogens with one attached hydrogen (secondary N) is 1. The average molecular weight is 685 g/mol. The number of benzene rings is 1. The molecular weight excluding hydrogens is 636 g/mol. The monoisotopic (exact) mass is 684 g/mol. The molecule has 0 saturated heterocycles. The number of nitrogens with zero attached hydrogens (tertiary/aromatic N) is 4. The van der Waals surface area contributed by atoms with E-state index in [2.05, 4.69) is 27.0 Å². The van der Waals surface area contributed by atoms with Gasteiger partial charge in [0, 0.05) is 19.7 Å². The van der Waals surface area contributed by atoms with Crippen LogP contribution in [-0.2, 0) is 36.3 Å². The fourth-order valence-corrected chi connectivity index (χ4v) is 6.14. The molecule has 47 heavy (non-hydrogen) atoms. The summed E-state index contributed by atoms with van der Waals surface area (Å²) < 4.78 is 72.8. The van der Waals surface area contributed by atoms with Gasteiger partial charge in [-0.25, -0.2) is 18.9 Å². The Morgan fingerprint density at radius 1 is 1.02 bits per heavy atom. The third-order valence-corrected chi connectivity index (χ3v) is 9.02. The first-order chi connectivity index (χ1) is 22.5. The van der Waals surface area contributed by atoms with Crippen molar-refractivity contribution in [1.82, 2.24) is 24.6 Å². The summed E-state index contributed by atoms with van der Waals surface area (Å²) in [5, 5.41) is 2.66. The summed E-state index contributed by atoms with van der Waals surface area (Å²) in [5.41, 5.74) is 5.46. The standard InChI is InChI=1S/C32H48F3N6O5P/c1-4-5-6-7-8-9-10-11-12-13-16-45-30(42)26(19-23-17-24(33)20-25(34)18-23)40-47(43)46-21-32(2,44-3)14-15-41-22-37-27-28(36)38-31(35)39-29(27)41/h17-18,20,22,26,47H,4-16,19,21H2,1-3H3,(H,40,43)(H2,36,38,39)/t26-,32-/m0/s1. The average Bonchev–Trinajstić information content (AvgIpc) is 3.44. The molecule has 0 spiro atoms. The van der Waals surface area contributed by atoms with Crippen molar-refractivity contribution in [2.45, 2.75) is 109 Å². The molecule has 2 aromatic heterocycles. The first-order valence-corrected chi connectivity index (χ1v) is 17.6. The van der Waals surface area contributed by atoms with Gasteiger partial charge in [-0.2, -0.15) is 14.4 Å². The Hall–Kier alpha value is -3.06. The van der Waals surface area contributed by atoms with Gasteiger partial charge in [0.25, 0.3) is 8.18 Å². The SMILES string of the molecule is CCCCCCCCCCCCOC(=O)[C@H](Cc1cc(F)cc(F)c1)N[PH](=O)OC[C@](C)(CCn1cnc2c(N)nc(F)nc21)OC. The van der Waals surface area contributed by atoms with Crippen molar-refractivity contribution >= 4 is 31.1 Å². The minimum absolute atomic E-state index is 0.0775. The lowest BCUT2D eigenvalue weighted by molar-refractivity contribution is -0.145. The Morgan fingerprint density at radius 3 is 2.30 bits per heavy atom. The van der Waals surface area contributed by atoms with Gasteiger partial charge in [0.05, 0.1) is 25.1 Å². The molecule has 1 unspecified atom stereocenters. The number of unbranched alkanes of at least 4 members (excludes halogenated alkanes) is 9.